The maximum atomic E-state index is 12.7. The lowest BCUT2D eigenvalue weighted by molar-refractivity contribution is -0.137. The molecule has 0 aromatic heterocycles. The van der Waals surface area contributed by atoms with Gasteiger partial charge in [0.2, 0.25) is 0 Å². The van der Waals surface area contributed by atoms with Gasteiger partial charge in [-0.15, -0.1) is 0 Å². The third-order valence-corrected chi connectivity index (χ3v) is 5.25. The van der Waals surface area contributed by atoms with Gasteiger partial charge in [-0.3, -0.25) is 10.1 Å². The molecule has 2 N–H and O–H groups in total. The SMILES string of the molecule is O=C1NC(=O)[C@](CN2C=CC=C(c3ccc(C(F)(F)F)cc3)C2)(C2CC2)N1. The average molecular weight is 377 g/mol. The molecule has 27 heavy (non-hydrogen) atoms. The first-order valence-corrected chi connectivity index (χ1v) is 8.70. The minimum Gasteiger partial charge on any atom is -0.370 e. The van der Waals surface area contributed by atoms with E-state index in [1.165, 1.54) is 12.1 Å². The summed E-state index contributed by atoms with van der Waals surface area (Å²) in [6.07, 6.45) is 2.87. The first-order chi connectivity index (χ1) is 12.8. The highest BCUT2D eigenvalue weighted by Gasteiger charge is 2.56. The van der Waals surface area contributed by atoms with Gasteiger partial charge in [0.05, 0.1) is 12.1 Å². The molecular weight excluding hydrogens is 359 g/mol. The molecule has 3 amide bonds. The number of imide groups is 1. The summed E-state index contributed by atoms with van der Waals surface area (Å²) in [7, 11) is 0. The third kappa shape index (κ3) is 3.31. The van der Waals surface area contributed by atoms with Crippen LogP contribution in [0.5, 0.6) is 0 Å². The molecule has 1 aromatic rings. The minimum absolute atomic E-state index is 0.109. The highest BCUT2D eigenvalue weighted by atomic mass is 19.4. The molecule has 8 heteroatoms. The molecule has 5 nitrogen and oxygen atoms in total. The van der Waals surface area contributed by atoms with E-state index in [0.29, 0.717) is 18.7 Å². The van der Waals surface area contributed by atoms with Gasteiger partial charge in [0.25, 0.3) is 5.91 Å². The van der Waals surface area contributed by atoms with Crippen LogP contribution in [-0.2, 0) is 11.0 Å². The molecule has 1 aromatic carbocycles. The van der Waals surface area contributed by atoms with Gasteiger partial charge in [-0.1, -0.05) is 18.2 Å². The van der Waals surface area contributed by atoms with Crippen molar-refractivity contribution in [2.24, 2.45) is 5.92 Å². The van der Waals surface area contributed by atoms with Crippen LogP contribution in [0.4, 0.5) is 18.0 Å². The van der Waals surface area contributed by atoms with Crippen molar-refractivity contribution < 1.29 is 22.8 Å². The van der Waals surface area contributed by atoms with Crippen LogP contribution in [0.1, 0.15) is 24.0 Å². The van der Waals surface area contributed by atoms with Crippen molar-refractivity contribution in [2.75, 3.05) is 13.1 Å². The molecule has 0 unspecified atom stereocenters. The molecule has 1 aliphatic carbocycles. The van der Waals surface area contributed by atoms with Crippen LogP contribution < -0.4 is 10.6 Å². The van der Waals surface area contributed by atoms with Gasteiger partial charge in [0.15, 0.2) is 0 Å². The highest BCUT2D eigenvalue weighted by molar-refractivity contribution is 6.07. The number of hydrogen-bond donors (Lipinski definition) is 2. The Morgan fingerprint density at radius 1 is 1.15 bits per heavy atom. The van der Waals surface area contributed by atoms with Crippen molar-refractivity contribution in [2.45, 2.75) is 24.6 Å². The van der Waals surface area contributed by atoms with Crippen molar-refractivity contribution in [1.29, 1.82) is 0 Å². The van der Waals surface area contributed by atoms with Gasteiger partial charge in [0, 0.05) is 6.54 Å². The molecule has 2 fully saturated rings. The summed E-state index contributed by atoms with van der Waals surface area (Å²) in [5.74, 6) is -0.202. The number of rotatable bonds is 4. The van der Waals surface area contributed by atoms with E-state index in [1.54, 1.807) is 6.08 Å². The molecule has 142 valence electrons. The minimum atomic E-state index is -4.36. The second kappa shape index (κ2) is 6.14. The summed E-state index contributed by atoms with van der Waals surface area (Å²) < 4.78 is 38.2. The number of hydrogen-bond acceptors (Lipinski definition) is 3. The topological polar surface area (TPSA) is 61.4 Å². The molecule has 2 heterocycles. The normalized spacial score (nSPS) is 25.3. The number of carbonyl (C=O) groups excluding carboxylic acids is 2. The molecule has 1 saturated heterocycles. The molecule has 2 aliphatic heterocycles. The van der Waals surface area contributed by atoms with Crippen molar-refractivity contribution in [1.82, 2.24) is 15.5 Å². The fraction of sp³-hybridized carbons (Fsp3) is 0.368. The molecule has 1 saturated carbocycles. The van der Waals surface area contributed by atoms with E-state index in [2.05, 4.69) is 10.6 Å². The Hall–Kier alpha value is -2.77. The summed E-state index contributed by atoms with van der Waals surface area (Å²) in [6, 6.07) is 4.55. The van der Waals surface area contributed by atoms with Crippen molar-refractivity contribution in [3.63, 3.8) is 0 Å². The average Bonchev–Trinajstić information content (AvgIpc) is 3.42. The largest absolute Gasteiger partial charge is 0.416 e. The molecule has 0 radical (unpaired) electrons. The number of carbonyl (C=O) groups is 2. The van der Waals surface area contributed by atoms with Crippen molar-refractivity contribution in [3.8, 4) is 0 Å². The maximum Gasteiger partial charge on any atom is 0.416 e. The predicted molar refractivity (Wildman–Crippen MR) is 92.3 cm³/mol. The van der Waals surface area contributed by atoms with Crippen LogP contribution in [0.3, 0.4) is 0 Å². The Balaban J connectivity index is 1.50. The van der Waals surface area contributed by atoms with Gasteiger partial charge in [-0.25, -0.2) is 4.79 Å². The Labute approximate surface area is 153 Å². The summed E-state index contributed by atoms with van der Waals surface area (Å²) in [5, 5.41) is 5.11. The number of benzene rings is 1. The number of amides is 3. The number of urea groups is 1. The smallest absolute Gasteiger partial charge is 0.370 e. The van der Waals surface area contributed by atoms with Crippen molar-refractivity contribution in [3.05, 3.63) is 53.7 Å². The van der Waals surface area contributed by atoms with Crippen LogP contribution in [-0.4, -0.2) is 35.5 Å². The molecule has 0 bridgehead atoms. The lowest BCUT2D eigenvalue weighted by Gasteiger charge is -2.34. The third-order valence-electron chi connectivity index (χ3n) is 5.25. The summed E-state index contributed by atoms with van der Waals surface area (Å²) in [4.78, 5) is 26.0. The molecule has 3 aliphatic rings. The fourth-order valence-corrected chi connectivity index (χ4v) is 3.70. The Bertz CT molecular complexity index is 841. The number of allylic oxidation sites excluding steroid dienone is 2. The molecule has 0 spiro atoms. The van der Waals surface area contributed by atoms with Crippen LogP contribution in [0.15, 0.2) is 42.6 Å². The molecule has 1 atom stereocenters. The Kier molecular flexibility index (Phi) is 4.01. The first-order valence-electron chi connectivity index (χ1n) is 8.70. The monoisotopic (exact) mass is 377 g/mol. The zero-order chi connectivity index (χ0) is 19.2. The lowest BCUT2D eigenvalue weighted by atomic mass is 9.91. The standard InChI is InChI=1S/C19H18F3N3O2/c20-19(21,22)15-5-3-12(4-6-15)13-2-1-9-25(10-13)11-18(14-7-8-14)16(26)23-17(27)24-18/h1-6,9,14H,7-8,10-11H2,(H2,23,24,26,27)/t18-/m0/s1. The van der Waals surface area contributed by atoms with E-state index in [0.717, 1.165) is 30.5 Å². The second-order valence-electron chi connectivity index (χ2n) is 7.17. The Morgan fingerprint density at radius 2 is 1.85 bits per heavy atom. The van der Waals surface area contributed by atoms with Gasteiger partial charge < -0.3 is 10.2 Å². The van der Waals surface area contributed by atoms with Crippen molar-refractivity contribution >= 4 is 17.5 Å². The van der Waals surface area contributed by atoms with E-state index in [4.69, 9.17) is 0 Å². The molecule has 4 rings (SSSR count). The fourth-order valence-electron chi connectivity index (χ4n) is 3.70. The van der Waals surface area contributed by atoms with Crippen LogP contribution in [0.2, 0.25) is 0 Å². The van der Waals surface area contributed by atoms with E-state index in [1.807, 2.05) is 17.2 Å². The van der Waals surface area contributed by atoms with E-state index < -0.39 is 23.3 Å². The lowest BCUT2D eigenvalue weighted by Crippen LogP contribution is -2.56. The number of nitrogens with one attached hydrogen (secondary N) is 2. The summed E-state index contributed by atoms with van der Waals surface area (Å²) >= 11 is 0. The number of nitrogens with zero attached hydrogens (tertiary/aromatic N) is 1. The van der Waals surface area contributed by atoms with E-state index in [-0.39, 0.29) is 11.8 Å². The second-order valence-corrected chi connectivity index (χ2v) is 7.17. The highest BCUT2D eigenvalue weighted by Crippen LogP contribution is 2.42. The van der Waals surface area contributed by atoms with Crippen LogP contribution in [0, 0.1) is 5.92 Å². The van der Waals surface area contributed by atoms with Gasteiger partial charge in [-0.2, -0.15) is 13.2 Å². The maximum absolute atomic E-state index is 12.7. The van der Waals surface area contributed by atoms with Gasteiger partial charge in [0.1, 0.15) is 5.54 Å². The summed E-state index contributed by atoms with van der Waals surface area (Å²) in [5.41, 5.74) is -0.0861. The number of alkyl halides is 3. The summed E-state index contributed by atoms with van der Waals surface area (Å²) in [6.45, 7) is 0.767. The first kappa shape index (κ1) is 17.6. The number of halogens is 3. The zero-order valence-electron chi connectivity index (χ0n) is 14.3. The van der Waals surface area contributed by atoms with Gasteiger partial charge >= 0.3 is 12.2 Å². The van der Waals surface area contributed by atoms with E-state index in [9.17, 15) is 22.8 Å². The van der Waals surface area contributed by atoms with E-state index >= 15 is 0 Å². The zero-order valence-corrected chi connectivity index (χ0v) is 14.3. The van der Waals surface area contributed by atoms with Gasteiger partial charge in [-0.05, 0) is 54.3 Å². The molecular formula is C19H18F3N3O2. The predicted octanol–water partition coefficient (Wildman–Crippen LogP) is 2.91. The van der Waals surface area contributed by atoms with Crippen LogP contribution in [0.25, 0.3) is 5.57 Å². The quantitative estimate of drug-likeness (QED) is 0.794. The Morgan fingerprint density at radius 3 is 2.41 bits per heavy atom. The van der Waals surface area contributed by atoms with Crippen LogP contribution >= 0.6 is 0 Å².